The van der Waals surface area contributed by atoms with E-state index in [0.717, 1.165) is 32.6 Å². The molecule has 1 heterocycles. The largest absolute Gasteiger partial charge is 0.476 e. The smallest absolute Gasteiger partial charge is 0.416 e. The highest BCUT2D eigenvalue weighted by Gasteiger charge is 2.33. The molecule has 0 aliphatic rings. The molecule has 0 saturated heterocycles. The van der Waals surface area contributed by atoms with E-state index < -0.39 is 33.3 Å². The van der Waals surface area contributed by atoms with Crippen molar-refractivity contribution in [1.29, 1.82) is 0 Å². The number of aromatic nitrogens is 1. The third-order valence-corrected chi connectivity index (χ3v) is 11.4. The van der Waals surface area contributed by atoms with Gasteiger partial charge >= 0.3 is 12.1 Å². The number of esters is 1. The molecule has 0 aliphatic heterocycles. The summed E-state index contributed by atoms with van der Waals surface area (Å²) in [6.07, 6.45) is -0.328. The van der Waals surface area contributed by atoms with Crippen LogP contribution in [0.15, 0.2) is 57.8 Å². The summed E-state index contributed by atoms with van der Waals surface area (Å²) in [4.78, 5) is 17.9. The highest BCUT2D eigenvalue weighted by atomic mass is 32.3. The van der Waals surface area contributed by atoms with Crippen LogP contribution in [0.3, 0.4) is 0 Å². The van der Waals surface area contributed by atoms with Gasteiger partial charge in [0.15, 0.2) is 5.60 Å². The lowest BCUT2D eigenvalue weighted by Gasteiger charge is -2.34. The van der Waals surface area contributed by atoms with Gasteiger partial charge in [-0.3, -0.25) is 0 Å². The summed E-state index contributed by atoms with van der Waals surface area (Å²) >= 11 is 1.51. The van der Waals surface area contributed by atoms with Crippen LogP contribution < -0.4 is 4.74 Å². The molecule has 4 nitrogen and oxygen atoms in total. The molecule has 2 aromatic carbocycles. The summed E-state index contributed by atoms with van der Waals surface area (Å²) < 4.78 is 50.9. The molecule has 0 bridgehead atoms. The number of carbonyl (C=O) groups excluding carboxylic acids is 1. The van der Waals surface area contributed by atoms with Crippen molar-refractivity contribution in [3.05, 3.63) is 59.8 Å². The summed E-state index contributed by atoms with van der Waals surface area (Å²) in [6.45, 7) is 9.46. The third kappa shape index (κ3) is 5.83. The van der Waals surface area contributed by atoms with Crippen LogP contribution in [0.4, 0.5) is 13.2 Å². The number of nitrogens with zero attached hydrogens (tertiary/aromatic N) is 1. The van der Waals surface area contributed by atoms with Gasteiger partial charge in [-0.25, -0.2) is 9.78 Å². The van der Waals surface area contributed by atoms with Crippen LogP contribution >= 0.6 is 21.4 Å². The molecule has 0 fully saturated rings. The number of aryl methyl sites for hydroxylation is 1. The number of hydrogen-bond donors (Lipinski definition) is 0. The molecule has 1 aromatic heterocycles. The fourth-order valence-corrected chi connectivity index (χ4v) is 7.68. The highest BCUT2D eigenvalue weighted by Crippen LogP contribution is 2.62. The topological polar surface area (TPSA) is 48.4 Å². The molecule has 0 radical (unpaired) electrons. The Morgan fingerprint density at radius 3 is 2.29 bits per heavy atom. The zero-order valence-electron chi connectivity index (χ0n) is 20.7. The second-order valence-electron chi connectivity index (χ2n) is 8.70. The van der Waals surface area contributed by atoms with Gasteiger partial charge in [-0.1, -0.05) is 19.1 Å². The summed E-state index contributed by atoms with van der Waals surface area (Å²) in [5, 5.41) is 0.689. The number of halogens is 3. The van der Waals surface area contributed by atoms with Crippen LogP contribution in [0.25, 0.3) is 10.6 Å². The molecule has 0 N–H and O–H groups in total. The minimum atomic E-state index is -4.36. The fraction of sp³-hybridized carbons (Fsp3) is 0.385. The van der Waals surface area contributed by atoms with E-state index in [1.807, 2.05) is 25.3 Å². The lowest BCUT2D eigenvalue weighted by atomic mass is 10.1. The van der Waals surface area contributed by atoms with E-state index in [1.165, 1.54) is 23.5 Å². The lowest BCUT2D eigenvalue weighted by molar-refractivity contribution is -0.158. The molecule has 0 saturated carbocycles. The van der Waals surface area contributed by atoms with Crippen LogP contribution in [0, 0.1) is 6.92 Å². The molecular weight excluding hydrogens is 495 g/mol. The summed E-state index contributed by atoms with van der Waals surface area (Å²) in [7, 11) is -1.43. The van der Waals surface area contributed by atoms with Gasteiger partial charge in [0.25, 0.3) is 0 Å². The van der Waals surface area contributed by atoms with E-state index >= 15 is 0 Å². The van der Waals surface area contributed by atoms with Crippen molar-refractivity contribution in [2.24, 2.45) is 0 Å². The van der Waals surface area contributed by atoms with E-state index in [-0.39, 0.29) is 6.61 Å². The Labute approximate surface area is 209 Å². The maximum absolute atomic E-state index is 12.9. The Hall–Kier alpha value is -2.52. The second kappa shape index (κ2) is 10.2. The Kier molecular flexibility index (Phi) is 7.91. The number of hydrogen-bond acceptors (Lipinski definition) is 5. The predicted octanol–water partition coefficient (Wildman–Crippen LogP) is 7.73. The number of rotatable bonds is 8. The van der Waals surface area contributed by atoms with Crippen molar-refractivity contribution < 1.29 is 27.4 Å². The first-order chi connectivity index (χ1) is 16.3. The molecule has 9 heteroatoms. The van der Waals surface area contributed by atoms with Gasteiger partial charge in [0, 0.05) is 5.56 Å². The van der Waals surface area contributed by atoms with Crippen LogP contribution in [-0.2, 0) is 15.7 Å². The van der Waals surface area contributed by atoms with Gasteiger partial charge in [0.2, 0.25) is 0 Å². The fourth-order valence-electron chi connectivity index (χ4n) is 3.47. The van der Waals surface area contributed by atoms with E-state index in [1.54, 1.807) is 20.8 Å². The molecule has 0 amide bonds. The maximum Gasteiger partial charge on any atom is 0.416 e. The first-order valence-corrected chi connectivity index (χ1v) is 14.2. The minimum Gasteiger partial charge on any atom is -0.476 e. The van der Waals surface area contributed by atoms with Crippen molar-refractivity contribution in [3.8, 4) is 16.3 Å². The van der Waals surface area contributed by atoms with Crippen LogP contribution in [0.5, 0.6) is 5.75 Å². The van der Waals surface area contributed by atoms with E-state index in [9.17, 15) is 18.0 Å². The maximum atomic E-state index is 12.9. The molecule has 35 heavy (non-hydrogen) atoms. The molecule has 3 rings (SSSR count). The van der Waals surface area contributed by atoms with Crippen molar-refractivity contribution in [3.63, 3.8) is 0 Å². The number of alkyl halides is 3. The van der Waals surface area contributed by atoms with Gasteiger partial charge < -0.3 is 9.47 Å². The molecule has 3 aromatic rings. The summed E-state index contributed by atoms with van der Waals surface area (Å²) in [6, 6.07) is 11.1. The predicted molar refractivity (Wildman–Crippen MR) is 136 cm³/mol. The molecule has 1 atom stereocenters. The van der Waals surface area contributed by atoms with Gasteiger partial charge in [-0.15, -0.1) is 11.3 Å². The highest BCUT2D eigenvalue weighted by molar-refractivity contribution is 8.34. The lowest BCUT2D eigenvalue weighted by Crippen LogP contribution is -2.39. The SMILES string of the molecule is CCOC(=O)C(C)(C)Oc1ccc(S(C)(CC)c2cnc(-c3ccc(C(F)(F)F)cc3)s2)cc1C. The number of thiazole rings is 1. The Morgan fingerprint density at radius 2 is 1.74 bits per heavy atom. The molecule has 0 spiro atoms. The van der Waals surface area contributed by atoms with Crippen molar-refractivity contribution >= 4 is 27.3 Å². The zero-order chi connectivity index (χ0) is 26.0. The van der Waals surface area contributed by atoms with Gasteiger partial charge in [0.1, 0.15) is 10.8 Å². The molecule has 1 unspecified atom stereocenters. The summed E-state index contributed by atoms with van der Waals surface area (Å²) in [5.74, 6) is 1.06. The van der Waals surface area contributed by atoms with Crippen LogP contribution in [-0.4, -0.2) is 35.2 Å². The van der Waals surface area contributed by atoms with Gasteiger partial charge in [-0.05, 0) is 80.5 Å². The van der Waals surface area contributed by atoms with E-state index in [2.05, 4.69) is 24.2 Å². The van der Waals surface area contributed by atoms with Crippen molar-refractivity contribution in [2.45, 2.75) is 55.5 Å². The summed E-state index contributed by atoms with van der Waals surface area (Å²) in [5.41, 5.74) is -0.226. The first-order valence-electron chi connectivity index (χ1n) is 11.2. The molecule has 0 aliphatic carbocycles. The average molecular weight is 526 g/mol. The molecular formula is C26H30F3NO3S2. The molecule has 190 valence electrons. The Morgan fingerprint density at radius 1 is 1.09 bits per heavy atom. The number of carbonyl (C=O) groups is 1. The number of ether oxygens (including phenoxy) is 2. The first kappa shape index (κ1) is 27.1. The normalized spacial score (nSPS) is 14.8. The van der Waals surface area contributed by atoms with Crippen molar-refractivity contribution in [1.82, 2.24) is 4.98 Å². The van der Waals surface area contributed by atoms with Gasteiger partial charge in [0.05, 0.1) is 22.6 Å². The standard InChI is InChI=1S/C26H30F3NO3S2/c1-7-32-24(31)25(4,5)33-21-14-13-20(15-17(21)3)35(6,8-2)22-16-30-23(34-22)18-9-11-19(12-10-18)26(27,28)29/h9-16H,7-8H2,1-6H3. The Balaban J connectivity index is 1.88. The average Bonchev–Trinajstić information content (AvgIpc) is 3.30. The number of benzene rings is 2. The van der Waals surface area contributed by atoms with Crippen LogP contribution in [0.2, 0.25) is 0 Å². The zero-order valence-corrected chi connectivity index (χ0v) is 22.3. The Bertz CT molecular complexity index is 1190. The minimum absolute atomic E-state index is 0.283. The monoisotopic (exact) mass is 525 g/mol. The van der Waals surface area contributed by atoms with Crippen molar-refractivity contribution in [2.75, 3.05) is 18.6 Å². The van der Waals surface area contributed by atoms with E-state index in [4.69, 9.17) is 9.47 Å². The van der Waals surface area contributed by atoms with E-state index in [0.29, 0.717) is 16.3 Å². The van der Waals surface area contributed by atoms with Gasteiger partial charge in [-0.2, -0.15) is 23.2 Å². The quantitative estimate of drug-likeness (QED) is 0.282. The van der Waals surface area contributed by atoms with Crippen LogP contribution in [0.1, 0.15) is 38.8 Å². The third-order valence-electron chi connectivity index (χ3n) is 5.76. The second-order valence-corrected chi connectivity index (χ2v) is 13.6.